The fraction of sp³-hybridized carbons (Fsp3) is 0.850. The summed E-state index contributed by atoms with van der Waals surface area (Å²) in [5.74, 6) is -1.52. The zero-order chi connectivity index (χ0) is 19.9. The molecule has 0 aliphatic rings. The number of unbranched alkanes of at least 4 members (excludes halogenated alkanes) is 10. The second-order valence-corrected chi connectivity index (χ2v) is 8.78. The van der Waals surface area contributed by atoms with Crippen LogP contribution in [0.25, 0.3) is 0 Å². The molecule has 27 heavy (non-hydrogen) atoms. The van der Waals surface area contributed by atoms with E-state index in [0.717, 1.165) is 32.1 Å². The predicted molar refractivity (Wildman–Crippen MR) is 105 cm³/mol. The van der Waals surface area contributed by atoms with Crippen LogP contribution in [0.3, 0.4) is 0 Å². The van der Waals surface area contributed by atoms with Gasteiger partial charge in [0.25, 0.3) is 0 Å². The summed E-state index contributed by atoms with van der Waals surface area (Å²) in [6.07, 6.45) is 17.2. The molecule has 5 nitrogen and oxygen atoms in total. The van der Waals surface area contributed by atoms with Crippen molar-refractivity contribution in [2.24, 2.45) is 0 Å². The molecule has 1 unspecified atom stereocenters. The third-order valence-electron chi connectivity index (χ3n) is 5.03. The van der Waals surface area contributed by atoms with Crippen molar-refractivity contribution in [3.05, 3.63) is 12.2 Å². The molecule has 1 atom stereocenters. The van der Waals surface area contributed by atoms with E-state index >= 15 is 0 Å². The molecular formula is C20H37NaO5S. The van der Waals surface area contributed by atoms with Gasteiger partial charge in [-0.15, -0.1) is 0 Å². The Bertz CT molecular complexity index is 505. The summed E-state index contributed by atoms with van der Waals surface area (Å²) < 4.78 is 31.9. The summed E-state index contributed by atoms with van der Waals surface area (Å²) >= 11 is 0. The SMILES string of the molecule is CCCCCCCC/C=C\CCCCCCC(CC)(C(=O)O)S(=O)(=O)[O-].[Na+]. The predicted octanol–water partition coefficient (Wildman–Crippen LogP) is 2.42. The number of carboxylic acid groups (broad SMARTS) is 1. The summed E-state index contributed by atoms with van der Waals surface area (Å²) in [6.45, 7) is 3.67. The van der Waals surface area contributed by atoms with Gasteiger partial charge in [-0.1, -0.05) is 77.4 Å². The molecule has 0 aromatic rings. The van der Waals surface area contributed by atoms with Crippen LogP contribution in [0.1, 0.15) is 104 Å². The van der Waals surface area contributed by atoms with Gasteiger partial charge in [0, 0.05) is 0 Å². The van der Waals surface area contributed by atoms with Crippen molar-refractivity contribution in [2.75, 3.05) is 0 Å². The van der Waals surface area contributed by atoms with Gasteiger partial charge < -0.3 is 9.66 Å². The molecule has 0 saturated carbocycles. The third kappa shape index (κ3) is 12.3. The van der Waals surface area contributed by atoms with E-state index in [2.05, 4.69) is 19.1 Å². The number of hydrogen-bond acceptors (Lipinski definition) is 4. The Morgan fingerprint density at radius 1 is 0.889 bits per heavy atom. The molecule has 0 fully saturated rings. The topological polar surface area (TPSA) is 94.5 Å². The van der Waals surface area contributed by atoms with Crippen LogP contribution in [0.2, 0.25) is 0 Å². The van der Waals surface area contributed by atoms with E-state index in [9.17, 15) is 22.9 Å². The van der Waals surface area contributed by atoms with Crippen LogP contribution in [0.5, 0.6) is 0 Å². The zero-order valence-corrected chi connectivity index (χ0v) is 20.4. The van der Waals surface area contributed by atoms with Gasteiger partial charge in [-0.3, -0.25) is 4.79 Å². The Kier molecular flexibility index (Phi) is 18.5. The van der Waals surface area contributed by atoms with Gasteiger partial charge >= 0.3 is 35.5 Å². The van der Waals surface area contributed by atoms with Crippen molar-refractivity contribution in [3.63, 3.8) is 0 Å². The normalized spacial score (nSPS) is 14.0. The number of aliphatic carboxylic acids is 1. The summed E-state index contributed by atoms with van der Waals surface area (Å²) in [7, 11) is -4.85. The van der Waals surface area contributed by atoms with Crippen LogP contribution in [0.4, 0.5) is 0 Å². The third-order valence-corrected chi connectivity index (χ3v) is 6.66. The minimum atomic E-state index is -4.85. The van der Waals surface area contributed by atoms with E-state index in [4.69, 9.17) is 0 Å². The maximum atomic E-state index is 11.3. The molecule has 0 saturated heterocycles. The summed E-state index contributed by atoms with van der Waals surface area (Å²) in [6, 6.07) is 0. The monoisotopic (exact) mass is 412 g/mol. The number of carboxylic acids is 1. The van der Waals surface area contributed by atoms with E-state index in [-0.39, 0.29) is 42.4 Å². The molecule has 0 radical (unpaired) electrons. The van der Waals surface area contributed by atoms with Crippen molar-refractivity contribution >= 4 is 16.1 Å². The average Bonchev–Trinajstić information content (AvgIpc) is 2.57. The molecule has 0 aromatic carbocycles. The van der Waals surface area contributed by atoms with Crippen molar-refractivity contribution < 1.29 is 52.4 Å². The molecule has 7 heteroatoms. The van der Waals surface area contributed by atoms with Crippen LogP contribution < -0.4 is 29.6 Å². The Morgan fingerprint density at radius 3 is 1.74 bits per heavy atom. The van der Waals surface area contributed by atoms with Crippen molar-refractivity contribution in [1.82, 2.24) is 0 Å². The summed E-state index contributed by atoms with van der Waals surface area (Å²) in [5.41, 5.74) is 0. The molecule has 0 amide bonds. The van der Waals surface area contributed by atoms with Gasteiger partial charge in [0.1, 0.15) is 10.1 Å². The van der Waals surface area contributed by atoms with Crippen LogP contribution in [-0.4, -0.2) is 28.8 Å². The van der Waals surface area contributed by atoms with Gasteiger partial charge in [0.15, 0.2) is 4.75 Å². The van der Waals surface area contributed by atoms with E-state index in [1.807, 2.05) is 0 Å². The van der Waals surface area contributed by atoms with Crippen LogP contribution >= 0.6 is 0 Å². The number of allylic oxidation sites excluding steroid dienone is 2. The van der Waals surface area contributed by atoms with Gasteiger partial charge in [-0.25, -0.2) is 8.42 Å². The number of rotatable bonds is 17. The first-order valence-corrected chi connectivity index (χ1v) is 11.6. The van der Waals surface area contributed by atoms with Crippen molar-refractivity contribution in [1.29, 1.82) is 0 Å². The van der Waals surface area contributed by atoms with Crippen LogP contribution in [0.15, 0.2) is 12.2 Å². The van der Waals surface area contributed by atoms with Gasteiger partial charge in [0.05, 0.1) is 0 Å². The standard InChI is InChI=1S/C20H38O5S.Na/c1-3-5-6-7-8-9-10-11-12-13-14-15-16-17-18-20(4-2,19(21)22)26(23,24)25;/h11-12H,3-10,13-18H2,1-2H3,(H,21,22)(H,23,24,25);/q;+1/p-1/b12-11-;. The van der Waals surface area contributed by atoms with E-state index in [1.165, 1.54) is 45.4 Å². The quantitative estimate of drug-likeness (QED) is 0.171. The van der Waals surface area contributed by atoms with Gasteiger partial charge in [0.2, 0.25) is 0 Å². The fourth-order valence-corrected chi connectivity index (χ4v) is 4.11. The van der Waals surface area contributed by atoms with Crippen LogP contribution in [-0.2, 0) is 14.9 Å². The molecule has 0 aliphatic heterocycles. The second kappa shape index (κ2) is 17.0. The number of hydrogen-bond donors (Lipinski definition) is 1. The molecule has 0 aliphatic carbocycles. The average molecular weight is 413 g/mol. The summed E-state index contributed by atoms with van der Waals surface area (Å²) in [4.78, 5) is 11.3. The van der Waals surface area contributed by atoms with Crippen molar-refractivity contribution in [3.8, 4) is 0 Å². The van der Waals surface area contributed by atoms with E-state index in [0.29, 0.717) is 6.42 Å². The van der Waals surface area contributed by atoms with Gasteiger partial charge in [-0.05, 0) is 38.5 Å². The Labute approximate surface area is 188 Å². The van der Waals surface area contributed by atoms with Gasteiger partial charge in [-0.2, -0.15) is 0 Å². The maximum absolute atomic E-state index is 11.3. The molecule has 154 valence electrons. The molecule has 0 bridgehead atoms. The first kappa shape index (κ1) is 29.3. The Hall–Kier alpha value is 0.120. The van der Waals surface area contributed by atoms with Crippen molar-refractivity contribution in [2.45, 2.75) is 108 Å². The molecular weight excluding hydrogens is 375 g/mol. The zero-order valence-electron chi connectivity index (χ0n) is 17.5. The van der Waals surface area contributed by atoms with Crippen LogP contribution in [0, 0.1) is 0 Å². The molecule has 0 heterocycles. The Morgan fingerprint density at radius 2 is 1.33 bits per heavy atom. The molecule has 1 N–H and O–H groups in total. The minimum Gasteiger partial charge on any atom is -0.747 e. The summed E-state index contributed by atoms with van der Waals surface area (Å²) in [5, 5.41) is 9.17. The second-order valence-electron chi connectivity index (χ2n) is 7.09. The largest absolute Gasteiger partial charge is 1.00 e. The maximum Gasteiger partial charge on any atom is 1.00 e. The fourth-order valence-electron chi connectivity index (χ4n) is 3.15. The minimum absolute atomic E-state index is 0. The smallest absolute Gasteiger partial charge is 0.747 e. The first-order chi connectivity index (χ1) is 12.3. The molecule has 0 spiro atoms. The number of carbonyl (C=O) groups is 1. The molecule has 0 rings (SSSR count). The Balaban J connectivity index is 0. The first-order valence-electron chi connectivity index (χ1n) is 10.2. The van der Waals surface area contributed by atoms with E-state index < -0.39 is 20.8 Å². The van der Waals surface area contributed by atoms with E-state index in [1.54, 1.807) is 0 Å². The molecule has 0 aromatic heterocycles.